The summed E-state index contributed by atoms with van der Waals surface area (Å²) in [7, 11) is 0. The van der Waals surface area contributed by atoms with Crippen molar-refractivity contribution in [2.75, 3.05) is 0 Å². The second kappa shape index (κ2) is 5.93. The van der Waals surface area contributed by atoms with Crippen LogP contribution in [0, 0.1) is 0 Å². The molecule has 0 radical (unpaired) electrons. The summed E-state index contributed by atoms with van der Waals surface area (Å²) in [4.78, 5) is 0. The van der Waals surface area contributed by atoms with Gasteiger partial charge in [0.15, 0.2) is 0 Å². The van der Waals surface area contributed by atoms with Gasteiger partial charge < -0.3 is 14.4 Å². The molecule has 0 amide bonds. The number of nitrogens with zero attached hydrogens (tertiary/aromatic N) is 1. The molecule has 1 heterocycles. The van der Waals surface area contributed by atoms with Crippen molar-refractivity contribution in [1.82, 2.24) is 4.57 Å². The van der Waals surface area contributed by atoms with Crippen LogP contribution in [0.4, 0.5) is 0 Å². The number of phenols is 1. The Balaban J connectivity index is 1.94. The van der Waals surface area contributed by atoms with Crippen molar-refractivity contribution in [3.05, 3.63) is 59.2 Å². The standard InChI is InChI=1S/C18H18ClNO2/c1-12(2)20-15(8-13-6-7-14(19)9-18(13)20)11-22-17-5-3-4-16(21)10-17/h3-10,12,21H,11H2,1-2H3. The summed E-state index contributed by atoms with van der Waals surface area (Å²) in [6.07, 6.45) is 0. The molecule has 0 saturated heterocycles. The number of hydrogen-bond acceptors (Lipinski definition) is 2. The van der Waals surface area contributed by atoms with E-state index in [2.05, 4.69) is 24.5 Å². The molecule has 0 aliphatic heterocycles. The molecule has 0 bridgehead atoms. The van der Waals surface area contributed by atoms with Gasteiger partial charge in [0.05, 0.1) is 11.2 Å². The molecule has 4 heteroatoms. The van der Waals surface area contributed by atoms with Gasteiger partial charge in [0, 0.05) is 22.5 Å². The van der Waals surface area contributed by atoms with Crippen LogP contribution < -0.4 is 4.74 Å². The minimum absolute atomic E-state index is 0.202. The highest BCUT2D eigenvalue weighted by atomic mass is 35.5. The van der Waals surface area contributed by atoms with Gasteiger partial charge in [0.2, 0.25) is 0 Å². The molecular weight excluding hydrogens is 298 g/mol. The number of ether oxygens (including phenoxy) is 1. The summed E-state index contributed by atoms with van der Waals surface area (Å²) in [6.45, 7) is 4.71. The minimum atomic E-state index is 0.202. The normalized spacial score (nSPS) is 11.3. The topological polar surface area (TPSA) is 34.4 Å². The zero-order chi connectivity index (χ0) is 15.7. The molecule has 0 fully saturated rings. The zero-order valence-electron chi connectivity index (χ0n) is 12.6. The van der Waals surface area contributed by atoms with Gasteiger partial charge in [-0.25, -0.2) is 0 Å². The Morgan fingerprint density at radius 2 is 1.95 bits per heavy atom. The van der Waals surface area contributed by atoms with Crippen LogP contribution in [0.15, 0.2) is 48.5 Å². The molecule has 0 spiro atoms. The van der Waals surface area contributed by atoms with Crippen LogP contribution in [-0.4, -0.2) is 9.67 Å². The largest absolute Gasteiger partial charge is 0.508 e. The third-order valence-corrected chi connectivity index (χ3v) is 3.84. The number of benzene rings is 2. The molecule has 3 aromatic rings. The van der Waals surface area contributed by atoms with Crippen LogP contribution in [0.5, 0.6) is 11.5 Å². The monoisotopic (exact) mass is 315 g/mol. The van der Waals surface area contributed by atoms with E-state index in [1.165, 1.54) is 0 Å². The Morgan fingerprint density at radius 1 is 1.14 bits per heavy atom. The van der Waals surface area contributed by atoms with E-state index in [9.17, 15) is 5.11 Å². The number of aromatic nitrogens is 1. The number of hydrogen-bond donors (Lipinski definition) is 1. The highest BCUT2D eigenvalue weighted by molar-refractivity contribution is 6.31. The number of fused-ring (bicyclic) bond motifs is 1. The molecule has 3 rings (SSSR count). The third kappa shape index (κ3) is 2.90. The van der Waals surface area contributed by atoms with Gasteiger partial charge in [-0.2, -0.15) is 0 Å². The van der Waals surface area contributed by atoms with Crippen molar-refractivity contribution in [3.63, 3.8) is 0 Å². The maximum atomic E-state index is 9.50. The predicted octanol–water partition coefficient (Wildman–Crippen LogP) is 5.16. The van der Waals surface area contributed by atoms with Crippen molar-refractivity contribution in [2.24, 2.45) is 0 Å². The predicted molar refractivity (Wildman–Crippen MR) is 89.8 cm³/mol. The van der Waals surface area contributed by atoms with Crippen molar-refractivity contribution in [2.45, 2.75) is 26.5 Å². The van der Waals surface area contributed by atoms with E-state index < -0.39 is 0 Å². The van der Waals surface area contributed by atoms with Crippen LogP contribution in [0.2, 0.25) is 5.02 Å². The van der Waals surface area contributed by atoms with Crippen molar-refractivity contribution >= 4 is 22.5 Å². The SMILES string of the molecule is CC(C)n1c(COc2cccc(O)c2)cc2ccc(Cl)cc21. The number of halogens is 1. The Labute approximate surface area is 134 Å². The summed E-state index contributed by atoms with van der Waals surface area (Å²) in [6, 6.07) is 15.2. The second-order valence-electron chi connectivity index (χ2n) is 5.59. The fourth-order valence-corrected chi connectivity index (χ4v) is 2.87. The first-order valence-corrected chi connectivity index (χ1v) is 7.63. The van der Waals surface area contributed by atoms with Gasteiger partial charge in [-0.15, -0.1) is 0 Å². The molecule has 0 unspecified atom stereocenters. The lowest BCUT2D eigenvalue weighted by molar-refractivity contribution is 0.291. The maximum Gasteiger partial charge on any atom is 0.128 e. The molecule has 1 aromatic heterocycles. The first-order valence-electron chi connectivity index (χ1n) is 7.26. The molecule has 0 atom stereocenters. The summed E-state index contributed by atoms with van der Waals surface area (Å²) < 4.78 is 8.04. The molecule has 3 nitrogen and oxygen atoms in total. The van der Waals surface area contributed by atoms with Crippen LogP contribution in [0.1, 0.15) is 25.6 Å². The van der Waals surface area contributed by atoms with Gasteiger partial charge in [-0.3, -0.25) is 0 Å². The molecule has 22 heavy (non-hydrogen) atoms. The third-order valence-electron chi connectivity index (χ3n) is 3.60. The molecule has 2 aromatic carbocycles. The smallest absolute Gasteiger partial charge is 0.128 e. The van der Waals surface area contributed by atoms with Gasteiger partial charge in [-0.05, 0) is 44.2 Å². The van der Waals surface area contributed by atoms with Crippen molar-refractivity contribution in [1.29, 1.82) is 0 Å². The lowest BCUT2D eigenvalue weighted by atomic mass is 10.2. The average molecular weight is 316 g/mol. The number of rotatable bonds is 4. The summed E-state index contributed by atoms with van der Waals surface area (Å²) in [5, 5.41) is 11.4. The second-order valence-corrected chi connectivity index (χ2v) is 6.03. The lowest BCUT2D eigenvalue weighted by Gasteiger charge is -2.15. The Hall–Kier alpha value is -2.13. The molecule has 1 N–H and O–H groups in total. The van der Waals surface area contributed by atoms with E-state index in [1.807, 2.05) is 24.3 Å². The van der Waals surface area contributed by atoms with E-state index in [0.29, 0.717) is 18.4 Å². The summed E-state index contributed by atoms with van der Waals surface area (Å²) in [5.74, 6) is 0.854. The first kappa shape index (κ1) is 14.8. The molecule has 0 aliphatic carbocycles. The first-order chi connectivity index (χ1) is 10.5. The lowest BCUT2D eigenvalue weighted by Crippen LogP contribution is -2.08. The van der Waals surface area contributed by atoms with E-state index in [0.717, 1.165) is 21.6 Å². The van der Waals surface area contributed by atoms with Crippen LogP contribution in [-0.2, 0) is 6.61 Å². The fourth-order valence-electron chi connectivity index (χ4n) is 2.70. The van der Waals surface area contributed by atoms with Crippen molar-refractivity contribution in [3.8, 4) is 11.5 Å². The van der Waals surface area contributed by atoms with E-state index >= 15 is 0 Å². The minimum Gasteiger partial charge on any atom is -0.508 e. The quantitative estimate of drug-likeness (QED) is 0.721. The highest BCUT2D eigenvalue weighted by Crippen LogP contribution is 2.28. The van der Waals surface area contributed by atoms with Crippen LogP contribution >= 0.6 is 11.6 Å². The Bertz CT molecular complexity index is 808. The summed E-state index contributed by atoms with van der Waals surface area (Å²) >= 11 is 6.12. The van der Waals surface area contributed by atoms with Gasteiger partial charge in [0.25, 0.3) is 0 Å². The number of phenolic OH excluding ortho intramolecular Hbond substituents is 1. The highest BCUT2D eigenvalue weighted by Gasteiger charge is 2.12. The molecule has 114 valence electrons. The van der Waals surface area contributed by atoms with E-state index in [4.69, 9.17) is 16.3 Å². The zero-order valence-corrected chi connectivity index (χ0v) is 13.3. The van der Waals surface area contributed by atoms with Gasteiger partial charge >= 0.3 is 0 Å². The van der Waals surface area contributed by atoms with Gasteiger partial charge in [-0.1, -0.05) is 23.7 Å². The molecular formula is C18H18ClNO2. The van der Waals surface area contributed by atoms with Crippen molar-refractivity contribution < 1.29 is 9.84 Å². The fraction of sp³-hybridized carbons (Fsp3) is 0.222. The Kier molecular flexibility index (Phi) is 3.99. The molecule has 0 aliphatic rings. The van der Waals surface area contributed by atoms with Crippen LogP contribution in [0.3, 0.4) is 0 Å². The Morgan fingerprint density at radius 3 is 2.68 bits per heavy atom. The van der Waals surface area contributed by atoms with Crippen LogP contribution in [0.25, 0.3) is 10.9 Å². The number of aromatic hydroxyl groups is 1. The van der Waals surface area contributed by atoms with Gasteiger partial charge in [0.1, 0.15) is 18.1 Å². The maximum absolute atomic E-state index is 9.50. The molecule has 0 saturated carbocycles. The summed E-state index contributed by atoms with van der Waals surface area (Å²) in [5.41, 5.74) is 2.19. The average Bonchev–Trinajstić information content (AvgIpc) is 2.83. The van der Waals surface area contributed by atoms with E-state index in [-0.39, 0.29) is 5.75 Å². The van der Waals surface area contributed by atoms with E-state index in [1.54, 1.807) is 18.2 Å².